The molecule has 3 rings (SSSR count). The predicted octanol–water partition coefficient (Wildman–Crippen LogP) is 1.71. The molecule has 0 amide bonds. The number of rotatable bonds is 5. The summed E-state index contributed by atoms with van der Waals surface area (Å²) in [5.41, 5.74) is 0.838. The van der Waals surface area contributed by atoms with E-state index in [4.69, 9.17) is 9.15 Å². The average molecular weight is 354 g/mol. The standard InChI is InChI=1S/C16H22N2O5S/c1-17(9-8-12-5-3-4-10-22-12)24(20,21)13-6-7-14-15(11-13)23-16(19)18(14)2/h6-7,11-12H,3-5,8-10H2,1-2H3. The van der Waals surface area contributed by atoms with Gasteiger partial charge in [-0.15, -0.1) is 0 Å². The molecule has 2 heterocycles. The second-order valence-corrected chi connectivity index (χ2v) is 8.21. The molecule has 0 spiro atoms. The van der Waals surface area contributed by atoms with Crippen molar-refractivity contribution in [2.75, 3.05) is 20.2 Å². The van der Waals surface area contributed by atoms with Crippen molar-refractivity contribution >= 4 is 21.1 Å². The van der Waals surface area contributed by atoms with Gasteiger partial charge in [0, 0.05) is 33.3 Å². The van der Waals surface area contributed by atoms with E-state index >= 15 is 0 Å². The molecular formula is C16H22N2O5S. The van der Waals surface area contributed by atoms with Gasteiger partial charge in [-0.25, -0.2) is 17.5 Å². The summed E-state index contributed by atoms with van der Waals surface area (Å²) in [4.78, 5) is 11.7. The van der Waals surface area contributed by atoms with Crippen LogP contribution in [0.3, 0.4) is 0 Å². The highest BCUT2D eigenvalue weighted by atomic mass is 32.2. The van der Waals surface area contributed by atoms with Gasteiger partial charge < -0.3 is 9.15 Å². The molecule has 0 N–H and O–H groups in total. The van der Waals surface area contributed by atoms with Gasteiger partial charge in [0.1, 0.15) is 0 Å². The molecule has 0 radical (unpaired) electrons. The number of hydrogen-bond donors (Lipinski definition) is 0. The van der Waals surface area contributed by atoms with Crippen molar-refractivity contribution in [1.82, 2.24) is 8.87 Å². The van der Waals surface area contributed by atoms with Crippen molar-refractivity contribution in [2.45, 2.75) is 36.7 Å². The highest BCUT2D eigenvalue weighted by molar-refractivity contribution is 7.89. The van der Waals surface area contributed by atoms with Gasteiger partial charge >= 0.3 is 5.76 Å². The summed E-state index contributed by atoms with van der Waals surface area (Å²) in [6, 6.07) is 4.49. The van der Waals surface area contributed by atoms with Crippen LogP contribution in [0.15, 0.2) is 32.3 Å². The Kier molecular flexibility index (Phi) is 4.80. The highest BCUT2D eigenvalue weighted by Gasteiger charge is 2.24. The first-order valence-electron chi connectivity index (χ1n) is 8.07. The number of fused-ring (bicyclic) bond motifs is 1. The van der Waals surface area contributed by atoms with Gasteiger partial charge in [0.25, 0.3) is 0 Å². The summed E-state index contributed by atoms with van der Waals surface area (Å²) in [5.74, 6) is -0.512. The first-order valence-corrected chi connectivity index (χ1v) is 9.51. The fourth-order valence-corrected chi connectivity index (χ4v) is 4.14. The maximum absolute atomic E-state index is 12.7. The number of aromatic nitrogens is 1. The molecule has 8 heteroatoms. The van der Waals surface area contributed by atoms with Gasteiger partial charge in [-0.05, 0) is 37.8 Å². The lowest BCUT2D eigenvalue weighted by molar-refractivity contribution is 0.00950. The van der Waals surface area contributed by atoms with E-state index in [9.17, 15) is 13.2 Å². The highest BCUT2D eigenvalue weighted by Crippen LogP contribution is 2.22. The summed E-state index contributed by atoms with van der Waals surface area (Å²) in [7, 11) is -0.487. The largest absolute Gasteiger partial charge is 0.419 e. The van der Waals surface area contributed by atoms with E-state index < -0.39 is 15.8 Å². The number of aryl methyl sites for hydroxylation is 1. The van der Waals surface area contributed by atoms with Crippen molar-refractivity contribution in [2.24, 2.45) is 7.05 Å². The van der Waals surface area contributed by atoms with Gasteiger partial charge in [-0.3, -0.25) is 4.57 Å². The van der Waals surface area contributed by atoms with E-state index in [1.165, 1.54) is 21.0 Å². The minimum atomic E-state index is -3.63. The zero-order valence-electron chi connectivity index (χ0n) is 13.9. The Bertz CT molecular complexity index is 877. The van der Waals surface area contributed by atoms with Gasteiger partial charge in [0.05, 0.1) is 16.5 Å². The fourth-order valence-electron chi connectivity index (χ4n) is 2.94. The van der Waals surface area contributed by atoms with E-state index in [1.54, 1.807) is 20.2 Å². The van der Waals surface area contributed by atoms with Crippen LogP contribution in [0.2, 0.25) is 0 Å². The third-order valence-corrected chi connectivity index (χ3v) is 6.36. The van der Waals surface area contributed by atoms with Crippen LogP contribution >= 0.6 is 0 Å². The quantitative estimate of drug-likeness (QED) is 0.816. The molecule has 0 bridgehead atoms. The molecule has 24 heavy (non-hydrogen) atoms. The molecule has 7 nitrogen and oxygen atoms in total. The van der Waals surface area contributed by atoms with Crippen molar-refractivity contribution in [3.05, 3.63) is 28.7 Å². The normalized spacial score (nSPS) is 19.2. The van der Waals surface area contributed by atoms with E-state index in [-0.39, 0.29) is 16.6 Å². The maximum atomic E-state index is 12.7. The van der Waals surface area contributed by atoms with Gasteiger partial charge in [0.15, 0.2) is 5.58 Å². The van der Waals surface area contributed by atoms with E-state index in [0.717, 1.165) is 25.9 Å². The molecule has 1 aromatic heterocycles. The molecule has 0 aliphatic carbocycles. The Morgan fingerprint density at radius 3 is 2.83 bits per heavy atom. The number of ether oxygens (including phenoxy) is 1. The van der Waals surface area contributed by atoms with E-state index in [2.05, 4.69) is 0 Å². The lowest BCUT2D eigenvalue weighted by Gasteiger charge is -2.25. The molecule has 1 unspecified atom stereocenters. The van der Waals surface area contributed by atoms with Crippen LogP contribution in [0.5, 0.6) is 0 Å². The Labute approximate surface area is 140 Å². The second-order valence-electron chi connectivity index (χ2n) is 6.16. The van der Waals surface area contributed by atoms with Crippen LogP contribution < -0.4 is 5.76 Å². The molecule has 1 aliphatic heterocycles. The van der Waals surface area contributed by atoms with Crippen LogP contribution in [0, 0.1) is 0 Å². The number of benzene rings is 1. The minimum Gasteiger partial charge on any atom is -0.408 e. The molecule has 1 saturated heterocycles. The fraction of sp³-hybridized carbons (Fsp3) is 0.562. The van der Waals surface area contributed by atoms with E-state index in [0.29, 0.717) is 18.5 Å². The van der Waals surface area contributed by atoms with Crippen molar-refractivity contribution in [1.29, 1.82) is 0 Å². The van der Waals surface area contributed by atoms with Crippen LogP contribution in [-0.4, -0.2) is 43.6 Å². The SMILES string of the molecule is CN(CCC1CCCCO1)S(=O)(=O)c1ccc2c(c1)oc(=O)n2C. The van der Waals surface area contributed by atoms with E-state index in [1.807, 2.05) is 0 Å². The first kappa shape index (κ1) is 17.2. The summed E-state index contributed by atoms with van der Waals surface area (Å²) < 4.78 is 38.8. The first-order chi connectivity index (χ1) is 11.4. The van der Waals surface area contributed by atoms with Gasteiger partial charge in [-0.2, -0.15) is 0 Å². The topological polar surface area (TPSA) is 81.8 Å². The van der Waals surface area contributed by atoms with Crippen molar-refractivity contribution in [3.63, 3.8) is 0 Å². The summed E-state index contributed by atoms with van der Waals surface area (Å²) in [6.07, 6.45) is 4.00. The second kappa shape index (κ2) is 6.70. The number of nitrogens with zero attached hydrogens (tertiary/aromatic N) is 2. The molecule has 1 aromatic carbocycles. The lowest BCUT2D eigenvalue weighted by Crippen LogP contribution is -2.31. The predicted molar refractivity (Wildman–Crippen MR) is 89.5 cm³/mol. The van der Waals surface area contributed by atoms with Crippen LogP contribution in [0.1, 0.15) is 25.7 Å². The molecule has 0 saturated carbocycles. The number of hydrogen-bond acceptors (Lipinski definition) is 5. The third kappa shape index (κ3) is 3.26. The molecule has 1 fully saturated rings. The molecule has 1 atom stereocenters. The summed E-state index contributed by atoms with van der Waals surface area (Å²) >= 11 is 0. The summed E-state index contributed by atoms with van der Waals surface area (Å²) in [5, 5.41) is 0. The zero-order valence-corrected chi connectivity index (χ0v) is 14.7. The summed E-state index contributed by atoms with van der Waals surface area (Å²) in [6.45, 7) is 1.15. The van der Waals surface area contributed by atoms with Crippen LogP contribution in [0.25, 0.3) is 11.1 Å². The Morgan fingerprint density at radius 2 is 2.12 bits per heavy atom. The molecule has 1 aliphatic rings. The zero-order chi connectivity index (χ0) is 17.3. The Balaban J connectivity index is 1.77. The number of sulfonamides is 1. The van der Waals surface area contributed by atoms with Crippen molar-refractivity contribution < 1.29 is 17.6 Å². The number of oxazole rings is 1. The average Bonchev–Trinajstić information content (AvgIpc) is 2.87. The third-order valence-electron chi connectivity index (χ3n) is 4.51. The van der Waals surface area contributed by atoms with Crippen LogP contribution in [0.4, 0.5) is 0 Å². The maximum Gasteiger partial charge on any atom is 0.419 e. The molecule has 132 valence electrons. The lowest BCUT2D eigenvalue weighted by atomic mass is 10.1. The van der Waals surface area contributed by atoms with Gasteiger partial charge in [-0.1, -0.05) is 0 Å². The Hall–Kier alpha value is -1.64. The Morgan fingerprint density at radius 1 is 1.33 bits per heavy atom. The minimum absolute atomic E-state index is 0.122. The smallest absolute Gasteiger partial charge is 0.408 e. The van der Waals surface area contributed by atoms with Crippen LogP contribution in [-0.2, 0) is 21.8 Å². The molecule has 2 aromatic rings. The van der Waals surface area contributed by atoms with Crippen molar-refractivity contribution in [3.8, 4) is 0 Å². The van der Waals surface area contributed by atoms with Gasteiger partial charge in [0.2, 0.25) is 10.0 Å². The molecular weight excluding hydrogens is 332 g/mol. The monoisotopic (exact) mass is 354 g/mol.